The van der Waals surface area contributed by atoms with E-state index >= 15 is 0 Å². The summed E-state index contributed by atoms with van der Waals surface area (Å²) in [5.41, 5.74) is 7.93. The van der Waals surface area contributed by atoms with Gasteiger partial charge >= 0.3 is 0 Å². The van der Waals surface area contributed by atoms with Crippen LogP contribution in [0, 0.1) is 13.8 Å². The second-order valence-corrected chi connectivity index (χ2v) is 5.16. The highest BCUT2D eigenvalue weighted by Crippen LogP contribution is 2.19. The average molecular weight is 252 g/mol. The Hall–Kier alpha value is -1.49. The molecule has 5 heteroatoms. The van der Waals surface area contributed by atoms with Gasteiger partial charge in [0.25, 0.3) is 5.24 Å². The van der Waals surface area contributed by atoms with E-state index in [0.717, 1.165) is 28.6 Å². The summed E-state index contributed by atoms with van der Waals surface area (Å²) in [7, 11) is 0. The molecular weight excluding hydrogens is 236 g/mol. The van der Waals surface area contributed by atoms with Crippen LogP contribution in [-0.4, -0.2) is 16.4 Å². The molecule has 0 bridgehead atoms. The van der Waals surface area contributed by atoms with Crippen molar-refractivity contribution in [3.05, 3.63) is 29.3 Å². The zero-order valence-corrected chi connectivity index (χ0v) is 10.9. The van der Waals surface area contributed by atoms with Gasteiger partial charge in [0, 0.05) is 5.69 Å². The van der Waals surface area contributed by atoms with E-state index in [9.17, 15) is 9.59 Å². The number of hydrogen-bond donors (Lipinski definition) is 2. The van der Waals surface area contributed by atoms with Gasteiger partial charge < -0.3 is 11.1 Å². The highest BCUT2D eigenvalue weighted by Gasteiger charge is 2.16. The van der Waals surface area contributed by atoms with Gasteiger partial charge in [-0.05, 0) is 38.0 Å². The molecule has 1 aromatic rings. The molecule has 0 spiro atoms. The molecule has 0 aliphatic heterocycles. The number of nitrogens with two attached hydrogens (primary N) is 1. The lowest BCUT2D eigenvalue weighted by Crippen LogP contribution is -2.25. The fourth-order valence-corrected chi connectivity index (χ4v) is 1.86. The minimum Gasteiger partial charge on any atom is -0.360 e. The molecule has 0 aliphatic rings. The van der Waals surface area contributed by atoms with E-state index in [-0.39, 0.29) is 5.91 Å². The van der Waals surface area contributed by atoms with Crippen molar-refractivity contribution in [3.63, 3.8) is 0 Å². The molecule has 0 aromatic heterocycles. The Balaban J connectivity index is 2.74. The van der Waals surface area contributed by atoms with Crippen LogP contribution in [0.3, 0.4) is 0 Å². The number of anilines is 1. The van der Waals surface area contributed by atoms with Crippen LogP contribution in [0.15, 0.2) is 18.2 Å². The van der Waals surface area contributed by atoms with Gasteiger partial charge in [0.05, 0.1) is 5.25 Å². The normalized spacial score (nSPS) is 11.9. The van der Waals surface area contributed by atoms with Crippen LogP contribution in [0.4, 0.5) is 10.5 Å². The molecule has 1 rings (SSSR count). The van der Waals surface area contributed by atoms with Crippen molar-refractivity contribution in [1.82, 2.24) is 0 Å². The van der Waals surface area contributed by atoms with E-state index in [1.54, 1.807) is 6.92 Å². The molecule has 4 nitrogen and oxygen atoms in total. The van der Waals surface area contributed by atoms with Crippen molar-refractivity contribution in [2.24, 2.45) is 5.73 Å². The molecular formula is C12H16N2O2S. The monoisotopic (exact) mass is 252 g/mol. The number of amides is 2. The molecule has 1 atom stereocenters. The molecule has 0 fully saturated rings. The predicted octanol–water partition coefficient (Wildman–Crippen LogP) is 2.44. The molecule has 0 saturated carbocycles. The van der Waals surface area contributed by atoms with Crippen LogP contribution >= 0.6 is 11.8 Å². The van der Waals surface area contributed by atoms with Crippen LogP contribution in [0.1, 0.15) is 18.1 Å². The Kier molecular flexibility index (Phi) is 4.57. The van der Waals surface area contributed by atoms with Gasteiger partial charge in [-0.2, -0.15) is 0 Å². The molecule has 0 saturated heterocycles. The van der Waals surface area contributed by atoms with Crippen molar-refractivity contribution in [2.45, 2.75) is 26.0 Å². The summed E-state index contributed by atoms with van der Waals surface area (Å²) in [4.78, 5) is 22.5. The first-order valence-corrected chi connectivity index (χ1v) is 6.13. The lowest BCUT2D eigenvalue weighted by Gasteiger charge is -2.13. The molecule has 0 radical (unpaired) electrons. The SMILES string of the molecule is Cc1cccc(NC(=O)C(C)SC(N)=O)c1C. The Morgan fingerprint density at radius 1 is 1.35 bits per heavy atom. The molecule has 0 aliphatic carbocycles. The molecule has 2 amide bonds. The summed E-state index contributed by atoms with van der Waals surface area (Å²) in [6.07, 6.45) is 0. The minimum absolute atomic E-state index is 0.220. The zero-order chi connectivity index (χ0) is 13.0. The topological polar surface area (TPSA) is 72.2 Å². The Morgan fingerprint density at radius 3 is 2.59 bits per heavy atom. The number of primary amides is 1. The Labute approximate surface area is 105 Å². The summed E-state index contributed by atoms with van der Waals surface area (Å²) in [6.45, 7) is 5.57. The van der Waals surface area contributed by atoms with Crippen LogP contribution in [0.5, 0.6) is 0 Å². The number of hydrogen-bond acceptors (Lipinski definition) is 3. The van der Waals surface area contributed by atoms with Crippen molar-refractivity contribution in [1.29, 1.82) is 0 Å². The van der Waals surface area contributed by atoms with Gasteiger partial charge in [0.1, 0.15) is 0 Å². The van der Waals surface area contributed by atoms with Gasteiger partial charge in [-0.3, -0.25) is 9.59 Å². The Morgan fingerprint density at radius 2 is 2.00 bits per heavy atom. The van der Waals surface area contributed by atoms with E-state index in [1.165, 1.54) is 0 Å². The van der Waals surface area contributed by atoms with E-state index in [0.29, 0.717) is 0 Å². The zero-order valence-electron chi connectivity index (χ0n) is 10.1. The molecule has 1 aromatic carbocycles. The maximum absolute atomic E-state index is 11.8. The third-order valence-electron chi connectivity index (χ3n) is 2.52. The summed E-state index contributed by atoms with van der Waals surface area (Å²) >= 11 is 0.819. The third-order valence-corrected chi connectivity index (χ3v) is 3.32. The van der Waals surface area contributed by atoms with Gasteiger partial charge in [-0.25, -0.2) is 0 Å². The quantitative estimate of drug-likeness (QED) is 0.867. The van der Waals surface area contributed by atoms with Crippen LogP contribution < -0.4 is 11.1 Å². The number of aryl methyl sites for hydroxylation is 1. The first-order chi connectivity index (χ1) is 7.91. The maximum Gasteiger partial charge on any atom is 0.277 e. The van der Waals surface area contributed by atoms with Crippen LogP contribution in [0.2, 0.25) is 0 Å². The van der Waals surface area contributed by atoms with Crippen LogP contribution in [0.25, 0.3) is 0 Å². The lowest BCUT2D eigenvalue weighted by atomic mass is 10.1. The maximum atomic E-state index is 11.8. The fourth-order valence-electron chi connectivity index (χ4n) is 1.35. The number of thioether (sulfide) groups is 1. The minimum atomic E-state index is -0.548. The number of carbonyl (C=O) groups excluding carboxylic acids is 2. The first-order valence-electron chi connectivity index (χ1n) is 5.25. The molecule has 92 valence electrons. The molecule has 0 heterocycles. The largest absolute Gasteiger partial charge is 0.360 e. The second-order valence-electron chi connectivity index (χ2n) is 3.82. The molecule has 17 heavy (non-hydrogen) atoms. The molecule has 1 unspecified atom stereocenters. The molecule has 3 N–H and O–H groups in total. The van der Waals surface area contributed by atoms with Gasteiger partial charge in [-0.15, -0.1) is 0 Å². The van der Waals surface area contributed by atoms with Crippen molar-refractivity contribution in [3.8, 4) is 0 Å². The predicted molar refractivity (Wildman–Crippen MR) is 71.2 cm³/mol. The third kappa shape index (κ3) is 3.78. The van der Waals surface area contributed by atoms with E-state index in [4.69, 9.17) is 5.73 Å². The summed E-state index contributed by atoms with van der Waals surface area (Å²) in [5.74, 6) is -0.220. The average Bonchev–Trinajstić information content (AvgIpc) is 2.23. The van der Waals surface area contributed by atoms with E-state index < -0.39 is 10.5 Å². The lowest BCUT2D eigenvalue weighted by molar-refractivity contribution is -0.115. The van der Waals surface area contributed by atoms with Crippen LogP contribution in [-0.2, 0) is 4.79 Å². The number of benzene rings is 1. The fraction of sp³-hybridized carbons (Fsp3) is 0.333. The second kappa shape index (κ2) is 5.72. The smallest absolute Gasteiger partial charge is 0.277 e. The van der Waals surface area contributed by atoms with E-state index in [1.807, 2.05) is 32.0 Å². The first kappa shape index (κ1) is 13.6. The van der Waals surface area contributed by atoms with Gasteiger partial charge in [-0.1, -0.05) is 23.9 Å². The summed E-state index contributed by atoms with van der Waals surface area (Å²) < 4.78 is 0. The van der Waals surface area contributed by atoms with E-state index in [2.05, 4.69) is 5.32 Å². The van der Waals surface area contributed by atoms with Gasteiger partial charge in [0.2, 0.25) is 5.91 Å². The summed E-state index contributed by atoms with van der Waals surface area (Å²) in [6, 6.07) is 5.69. The Bertz CT molecular complexity index is 446. The number of rotatable bonds is 3. The standard InChI is InChI=1S/C12H16N2O2S/c1-7-5-4-6-10(8(7)2)14-11(15)9(3)17-12(13)16/h4-6,9H,1-3H3,(H2,13,16)(H,14,15). The number of carbonyl (C=O) groups is 2. The van der Waals surface area contributed by atoms with Gasteiger partial charge in [0.15, 0.2) is 0 Å². The highest BCUT2D eigenvalue weighted by atomic mass is 32.2. The van der Waals surface area contributed by atoms with Crippen molar-refractivity contribution < 1.29 is 9.59 Å². The summed E-state index contributed by atoms with van der Waals surface area (Å²) in [5, 5.41) is 1.75. The van der Waals surface area contributed by atoms with Crippen molar-refractivity contribution >= 4 is 28.6 Å². The highest BCUT2D eigenvalue weighted by molar-refractivity contribution is 8.14. The van der Waals surface area contributed by atoms with Crippen molar-refractivity contribution in [2.75, 3.05) is 5.32 Å². The number of nitrogens with one attached hydrogen (secondary N) is 1.